The maximum absolute atomic E-state index is 12.8. The van der Waals surface area contributed by atoms with Crippen molar-refractivity contribution in [3.8, 4) is 0 Å². The molecule has 4 atom stereocenters. The van der Waals surface area contributed by atoms with Crippen molar-refractivity contribution in [3.05, 3.63) is 34.9 Å². The third-order valence-corrected chi connectivity index (χ3v) is 8.11. The van der Waals surface area contributed by atoms with Gasteiger partial charge in [0.15, 0.2) is 9.84 Å². The Morgan fingerprint density at radius 2 is 1.81 bits per heavy atom. The number of rotatable bonds is 3. The molecule has 1 aromatic rings. The summed E-state index contributed by atoms with van der Waals surface area (Å²) in [5.74, 6) is -0.0435. The van der Waals surface area contributed by atoms with E-state index < -0.39 is 15.8 Å². The molecule has 1 aromatic carbocycles. The van der Waals surface area contributed by atoms with Gasteiger partial charge in [-0.2, -0.15) is 0 Å². The lowest BCUT2D eigenvalue weighted by Crippen LogP contribution is -2.55. The average Bonchev–Trinajstić information content (AvgIpc) is 3.08. The number of nitrogens with one attached hydrogen (secondary N) is 1. The van der Waals surface area contributed by atoms with Crippen LogP contribution in [0.4, 0.5) is 0 Å². The van der Waals surface area contributed by atoms with Crippen LogP contribution in [0.1, 0.15) is 29.6 Å². The molecule has 4 rings (SSSR count). The van der Waals surface area contributed by atoms with Crippen molar-refractivity contribution in [1.29, 1.82) is 0 Å². The largest absolute Gasteiger partial charge is 0.349 e. The number of carbonyl (C=O) groups is 2. The Morgan fingerprint density at radius 3 is 2.41 bits per heavy atom. The standard InChI is InChI=1S/C19H23ClN2O4S/c20-16-3-1-2-12(8-16)18(23)21-17-13-4-5-14(17)10-22(9-13)19(24)15-6-7-27(25,26)11-15/h1-3,8,13-15,17H,4-7,9-11H2,(H,21,23)/t13-,14+,15?,17?. The van der Waals surface area contributed by atoms with Crippen molar-refractivity contribution in [2.45, 2.75) is 25.3 Å². The van der Waals surface area contributed by atoms with Crippen molar-refractivity contribution in [3.63, 3.8) is 0 Å². The number of carbonyl (C=O) groups excluding carboxylic acids is 2. The van der Waals surface area contributed by atoms with Gasteiger partial charge < -0.3 is 10.2 Å². The molecule has 0 spiro atoms. The Morgan fingerprint density at radius 1 is 1.11 bits per heavy atom. The number of likely N-dealkylation sites (tertiary alicyclic amines) is 1. The van der Waals surface area contributed by atoms with Crippen LogP contribution in [0.2, 0.25) is 5.02 Å². The molecule has 2 unspecified atom stereocenters. The van der Waals surface area contributed by atoms with Crippen LogP contribution in [0.3, 0.4) is 0 Å². The van der Waals surface area contributed by atoms with Crippen LogP contribution in [0.25, 0.3) is 0 Å². The second-order valence-corrected chi connectivity index (χ2v) is 10.6. The van der Waals surface area contributed by atoms with Crippen molar-refractivity contribution in [1.82, 2.24) is 10.2 Å². The Hall–Kier alpha value is -1.60. The Labute approximate surface area is 164 Å². The summed E-state index contributed by atoms with van der Waals surface area (Å²) in [6.45, 7) is 1.18. The zero-order chi connectivity index (χ0) is 19.2. The number of hydrogen-bond donors (Lipinski definition) is 1. The van der Waals surface area contributed by atoms with E-state index in [2.05, 4.69) is 5.32 Å². The van der Waals surface area contributed by atoms with E-state index in [-0.39, 0.29) is 41.2 Å². The molecule has 27 heavy (non-hydrogen) atoms. The molecular formula is C19H23ClN2O4S. The van der Waals surface area contributed by atoms with Gasteiger partial charge >= 0.3 is 0 Å². The predicted octanol–water partition coefficient (Wildman–Crippen LogP) is 1.74. The molecule has 2 saturated heterocycles. The summed E-state index contributed by atoms with van der Waals surface area (Å²) < 4.78 is 23.3. The first-order valence-corrected chi connectivity index (χ1v) is 11.6. The molecule has 0 aromatic heterocycles. The van der Waals surface area contributed by atoms with Gasteiger partial charge in [-0.3, -0.25) is 9.59 Å². The van der Waals surface area contributed by atoms with E-state index in [1.807, 2.05) is 4.90 Å². The van der Waals surface area contributed by atoms with Gasteiger partial charge in [0.25, 0.3) is 5.91 Å². The first-order valence-electron chi connectivity index (χ1n) is 9.38. The summed E-state index contributed by atoms with van der Waals surface area (Å²) >= 11 is 5.97. The second-order valence-electron chi connectivity index (χ2n) is 7.95. The van der Waals surface area contributed by atoms with Gasteiger partial charge in [0, 0.05) is 29.7 Å². The lowest BCUT2D eigenvalue weighted by atomic mass is 9.90. The molecule has 1 aliphatic carbocycles. The minimum atomic E-state index is -3.07. The smallest absolute Gasteiger partial charge is 0.251 e. The fraction of sp³-hybridized carbons (Fsp3) is 0.579. The Kier molecular flexibility index (Phi) is 4.93. The highest BCUT2D eigenvalue weighted by Gasteiger charge is 2.46. The summed E-state index contributed by atoms with van der Waals surface area (Å²) in [6, 6.07) is 6.92. The third-order valence-electron chi connectivity index (χ3n) is 6.11. The predicted molar refractivity (Wildman–Crippen MR) is 102 cm³/mol. The number of benzene rings is 1. The molecule has 0 radical (unpaired) electrons. The molecule has 2 bridgehead atoms. The van der Waals surface area contributed by atoms with E-state index in [0.29, 0.717) is 30.1 Å². The monoisotopic (exact) mass is 410 g/mol. The van der Waals surface area contributed by atoms with Gasteiger partial charge in [-0.25, -0.2) is 8.42 Å². The lowest BCUT2D eigenvalue weighted by Gasteiger charge is -2.39. The van der Waals surface area contributed by atoms with Crippen LogP contribution >= 0.6 is 11.6 Å². The highest BCUT2D eigenvalue weighted by molar-refractivity contribution is 7.91. The normalized spacial score (nSPS) is 31.7. The van der Waals surface area contributed by atoms with Crippen molar-refractivity contribution in [2.75, 3.05) is 24.6 Å². The number of nitrogens with zero attached hydrogens (tertiary/aromatic N) is 1. The average molecular weight is 411 g/mol. The minimum absolute atomic E-state index is 0.0212. The number of halogens is 1. The number of sulfone groups is 1. The highest BCUT2D eigenvalue weighted by atomic mass is 35.5. The zero-order valence-corrected chi connectivity index (χ0v) is 16.5. The Bertz CT molecular complexity index is 858. The molecule has 2 heterocycles. The summed E-state index contributed by atoms with van der Waals surface area (Å²) in [7, 11) is -3.07. The first kappa shape index (κ1) is 18.7. The number of piperidine rings is 1. The van der Waals surface area contributed by atoms with Gasteiger partial charge in [0.1, 0.15) is 0 Å². The van der Waals surface area contributed by atoms with E-state index >= 15 is 0 Å². The summed E-state index contributed by atoms with van der Waals surface area (Å²) in [5.41, 5.74) is 0.538. The maximum atomic E-state index is 12.8. The van der Waals surface area contributed by atoms with Crippen LogP contribution in [0.5, 0.6) is 0 Å². The second kappa shape index (κ2) is 7.09. The molecule has 1 saturated carbocycles. The molecule has 3 aliphatic rings. The fourth-order valence-corrected chi connectivity index (χ4v) is 6.67. The summed E-state index contributed by atoms with van der Waals surface area (Å²) in [6.07, 6.45) is 2.37. The zero-order valence-electron chi connectivity index (χ0n) is 14.9. The minimum Gasteiger partial charge on any atom is -0.349 e. The molecule has 2 amide bonds. The van der Waals surface area contributed by atoms with E-state index in [9.17, 15) is 18.0 Å². The van der Waals surface area contributed by atoms with Crippen LogP contribution in [-0.2, 0) is 14.6 Å². The molecule has 2 aliphatic heterocycles. The number of hydrogen-bond acceptors (Lipinski definition) is 4. The maximum Gasteiger partial charge on any atom is 0.251 e. The van der Waals surface area contributed by atoms with Crippen LogP contribution in [0, 0.1) is 17.8 Å². The molecule has 6 nitrogen and oxygen atoms in total. The number of amides is 2. The van der Waals surface area contributed by atoms with E-state index in [1.165, 1.54) is 0 Å². The van der Waals surface area contributed by atoms with Gasteiger partial charge in [-0.15, -0.1) is 0 Å². The van der Waals surface area contributed by atoms with E-state index in [1.54, 1.807) is 24.3 Å². The van der Waals surface area contributed by atoms with E-state index in [0.717, 1.165) is 12.8 Å². The van der Waals surface area contributed by atoms with Crippen LogP contribution < -0.4 is 5.32 Å². The van der Waals surface area contributed by atoms with Crippen LogP contribution in [0.15, 0.2) is 24.3 Å². The highest BCUT2D eigenvalue weighted by Crippen LogP contribution is 2.38. The van der Waals surface area contributed by atoms with E-state index in [4.69, 9.17) is 11.6 Å². The molecule has 1 N–H and O–H groups in total. The Balaban J connectivity index is 1.40. The summed E-state index contributed by atoms with van der Waals surface area (Å²) in [5, 5.41) is 3.66. The van der Waals surface area contributed by atoms with Crippen molar-refractivity contribution < 1.29 is 18.0 Å². The van der Waals surface area contributed by atoms with Crippen molar-refractivity contribution >= 4 is 33.3 Å². The van der Waals surface area contributed by atoms with Gasteiger partial charge in [0.2, 0.25) is 5.91 Å². The van der Waals surface area contributed by atoms with Gasteiger partial charge in [-0.05, 0) is 49.3 Å². The SMILES string of the molecule is O=C(NC1[C@@H]2CC[C@H]1CN(C(=O)C1CCS(=O)(=O)C1)C2)c1cccc(Cl)c1. The molecule has 3 fully saturated rings. The fourth-order valence-electron chi connectivity index (χ4n) is 4.75. The van der Waals surface area contributed by atoms with Crippen LogP contribution in [-0.4, -0.2) is 55.8 Å². The number of fused-ring (bicyclic) bond motifs is 2. The van der Waals surface area contributed by atoms with Gasteiger partial charge in [0.05, 0.1) is 17.4 Å². The van der Waals surface area contributed by atoms with Crippen molar-refractivity contribution in [2.24, 2.45) is 17.8 Å². The molecule has 146 valence electrons. The molecule has 8 heteroatoms. The third kappa shape index (κ3) is 3.85. The topological polar surface area (TPSA) is 83.6 Å². The lowest BCUT2D eigenvalue weighted by molar-refractivity contribution is -0.137. The van der Waals surface area contributed by atoms with Gasteiger partial charge in [-0.1, -0.05) is 17.7 Å². The first-order chi connectivity index (χ1) is 12.8. The quantitative estimate of drug-likeness (QED) is 0.822. The molecular weight excluding hydrogens is 388 g/mol. The summed E-state index contributed by atoms with van der Waals surface area (Å²) in [4.78, 5) is 27.1.